The quantitative estimate of drug-likeness (QED) is 0.120. The van der Waals surface area contributed by atoms with Gasteiger partial charge in [0.2, 0.25) is 12.1 Å². The molecule has 0 aliphatic rings. The average molecular weight is 686 g/mol. The third-order valence-corrected chi connectivity index (χ3v) is 7.94. The Morgan fingerprint density at radius 2 is 0.938 bits per heavy atom. The van der Waals surface area contributed by atoms with E-state index in [0.717, 1.165) is 22.3 Å². The molecule has 0 unspecified atom stereocenters. The van der Waals surface area contributed by atoms with Crippen LogP contribution < -0.4 is 10.6 Å². The molecule has 0 radical (unpaired) electrons. The van der Waals surface area contributed by atoms with E-state index >= 15 is 0 Å². The van der Waals surface area contributed by atoms with Gasteiger partial charge in [-0.1, -0.05) is 70.7 Å². The molecular weight excluding hydrogens is 651 g/mol. The van der Waals surface area contributed by atoms with Crippen molar-refractivity contribution in [1.82, 2.24) is 0 Å². The molecule has 0 aromatic heterocycles. The fourth-order valence-corrected chi connectivity index (χ4v) is 5.16. The number of nitrogens with one attached hydrogen (secondary N) is 2. The lowest BCUT2D eigenvalue weighted by molar-refractivity contribution is -0.127. The molecule has 2 atom stereocenters. The molecule has 0 aliphatic carbocycles. The summed E-state index contributed by atoms with van der Waals surface area (Å²) in [5.41, 5.74) is 6.86. The van der Waals surface area contributed by atoms with Crippen LogP contribution in [0, 0.1) is 27.7 Å². The van der Waals surface area contributed by atoms with E-state index in [9.17, 15) is 19.2 Å². The lowest BCUT2D eigenvalue weighted by Crippen LogP contribution is -2.32. The fourth-order valence-electron chi connectivity index (χ4n) is 4.72. The van der Waals surface area contributed by atoms with Crippen molar-refractivity contribution < 1.29 is 19.2 Å². The molecule has 10 nitrogen and oxygen atoms in total. The van der Waals surface area contributed by atoms with E-state index in [1.54, 1.807) is 48.5 Å². The SMILES string of the molecule is CC(=O)[C@@H](N=Nc1ccc(-c2ccc(N=N[C@@H](C(C)=O)C(=O)Nc3ccc(C)cc3C)c(Cl)c2)cc1Cl)C(=O)Nc1ccc(C)cc1C. The largest absolute Gasteiger partial charge is 0.324 e. The first kappa shape index (κ1) is 35.8. The van der Waals surface area contributed by atoms with Crippen LogP contribution in [0.25, 0.3) is 11.1 Å². The number of benzene rings is 4. The standard InChI is InChI=1S/C36H34Cl2N6O4/c1-19-7-11-29(21(3)15-19)39-35(47)33(23(5)45)43-41-31-13-9-25(17-27(31)37)26-10-14-32(28(38)18-26)42-44-34(24(6)46)36(48)40-30-12-8-20(2)16-22(30)4/h7-18,33-34H,1-6H3,(H,39,47)(H,40,48)/t33-,34+. The molecule has 0 heterocycles. The van der Waals surface area contributed by atoms with Crippen molar-refractivity contribution in [2.24, 2.45) is 20.5 Å². The number of carbonyl (C=O) groups is 4. The Morgan fingerprint density at radius 3 is 1.25 bits per heavy atom. The van der Waals surface area contributed by atoms with E-state index in [0.29, 0.717) is 22.5 Å². The van der Waals surface area contributed by atoms with Gasteiger partial charge in [0, 0.05) is 11.4 Å². The fraction of sp³-hybridized carbons (Fsp3) is 0.222. The summed E-state index contributed by atoms with van der Waals surface area (Å²) in [6.45, 7) is 10.1. The van der Waals surface area contributed by atoms with Crippen LogP contribution in [-0.4, -0.2) is 35.5 Å². The van der Waals surface area contributed by atoms with Gasteiger partial charge in [0.15, 0.2) is 11.6 Å². The Kier molecular flexibility index (Phi) is 11.7. The third-order valence-electron chi connectivity index (χ3n) is 7.34. The Hall–Kier alpha value is -5.06. The number of aryl methyl sites for hydroxylation is 4. The van der Waals surface area contributed by atoms with E-state index in [4.69, 9.17) is 23.2 Å². The minimum absolute atomic E-state index is 0.229. The van der Waals surface area contributed by atoms with Crippen LogP contribution in [-0.2, 0) is 19.2 Å². The normalized spacial score (nSPS) is 12.6. The zero-order valence-corrected chi connectivity index (χ0v) is 28.8. The summed E-state index contributed by atoms with van der Waals surface area (Å²) in [5, 5.41) is 22.1. The van der Waals surface area contributed by atoms with Crippen LogP contribution in [0.5, 0.6) is 0 Å². The van der Waals surface area contributed by atoms with Gasteiger partial charge in [0.1, 0.15) is 11.4 Å². The first-order valence-corrected chi connectivity index (χ1v) is 15.7. The zero-order chi connectivity index (χ0) is 35.1. The lowest BCUT2D eigenvalue weighted by Gasteiger charge is -2.12. The van der Waals surface area contributed by atoms with Crippen molar-refractivity contribution in [3.05, 3.63) is 105 Å². The number of hydrogen-bond donors (Lipinski definition) is 2. The highest BCUT2D eigenvalue weighted by atomic mass is 35.5. The monoisotopic (exact) mass is 684 g/mol. The predicted molar refractivity (Wildman–Crippen MR) is 189 cm³/mol. The molecule has 12 heteroatoms. The number of azo groups is 2. The second-order valence-corrected chi connectivity index (χ2v) is 12.2. The highest BCUT2D eigenvalue weighted by Crippen LogP contribution is 2.35. The Bertz CT molecular complexity index is 1830. The van der Waals surface area contributed by atoms with Crippen LogP contribution >= 0.6 is 23.2 Å². The van der Waals surface area contributed by atoms with Gasteiger partial charge in [-0.05, 0) is 100 Å². The topological polar surface area (TPSA) is 142 Å². The molecule has 2 amide bonds. The molecular formula is C36H34Cl2N6O4. The summed E-state index contributed by atoms with van der Waals surface area (Å²) < 4.78 is 0. The van der Waals surface area contributed by atoms with Crippen molar-refractivity contribution in [1.29, 1.82) is 0 Å². The number of anilines is 2. The van der Waals surface area contributed by atoms with Gasteiger partial charge in [-0.25, -0.2) is 0 Å². The van der Waals surface area contributed by atoms with Crippen LogP contribution in [0.2, 0.25) is 10.0 Å². The van der Waals surface area contributed by atoms with Crippen LogP contribution in [0.1, 0.15) is 36.1 Å². The van der Waals surface area contributed by atoms with Gasteiger partial charge in [-0.15, -0.1) is 0 Å². The number of rotatable bonds is 11. The highest BCUT2D eigenvalue weighted by molar-refractivity contribution is 6.34. The third kappa shape index (κ3) is 9.05. The van der Waals surface area contributed by atoms with Crippen molar-refractivity contribution in [2.45, 2.75) is 53.6 Å². The van der Waals surface area contributed by atoms with Gasteiger partial charge in [-0.2, -0.15) is 20.5 Å². The maximum absolute atomic E-state index is 12.9. The van der Waals surface area contributed by atoms with Crippen LogP contribution in [0.3, 0.4) is 0 Å². The van der Waals surface area contributed by atoms with Crippen molar-refractivity contribution in [3.63, 3.8) is 0 Å². The first-order chi connectivity index (χ1) is 22.7. The molecule has 0 aliphatic heterocycles. The molecule has 0 spiro atoms. The molecule has 0 saturated heterocycles. The number of nitrogens with zero attached hydrogens (tertiary/aromatic N) is 4. The number of ketones is 2. The second-order valence-electron chi connectivity index (χ2n) is 11.4. The number of halogens is 2. The summed E-state index contributed by atoms with van der Waals surface area (Å²) in [7, 11) is 0. The minimum Gasteiger partial charge on any atom is -0.324 e. The van der Waals surface area contributed by atoms with E-state index < -0.39 is 35.5 Å². The van der Waals surface area contributed by atoms with E-state index in [-0.39, 0.29) is 21.4 Å². The van der Waals surface area contributed by atoms with E-state index in [2.05, 4.69) is 31.1 Å². The summed E-state index contributed by atoms with van der Waals surface area (Å²) >= 11 is 13.0. The first-order valence-electron chi connectivity index (χ1n) is 14.9. The zero-order valence-electron chi connectivity index (χ0n) is 27.3. The summed E-state index contributed by atoms with van der Waals surface area (Å²) in [6, 6.07) is 18.3. The highest BCUT2D eigenvalue weighted by Gasteiger charge is 2.25. The van der Waals surface area contributed by atoms with Gasteiger partial charge in [0.05, 0.1) is 10.0 Å². The molecule has 2 N–H and O–H groups in total. The van der Waals surface area contributed by atoms with Gasteiger partial charge in [0.25, 0.3) is 11.8 Å². The van der Waals surface area contributed by atoms with Gasteiger partial charge in [-0.3, -0.25) is 19.2 Å². The number of amides is 2. The Morgan fingerprint density at radius 1 is 0.562 bits per heavy atom. The van der Waals surface area contributed by atoms with E-state index in [1.807, 2.05) is 52.0 Å². The van der Waals surface area contributed by atoms with Crippen molar-refractivity contribution >= 4 is 69.3 Å². The summed E-state index contributed by atoms with van der Waals surface area (Å²) in [5.74, 6) is -2.15. The van der Waals surface area contributed by atoms with Crippen molar-refractivity contribution in [3.8, 4) is 11.1 Å². The number of carbonyl (C=O) groups excluding carboxylic acids is 4. The average Bonchev–Trinajstić information content (AvgIpc) is 3.01. The van der Waals surface area contributed by atoms with Gasteiger partial charge >= 0.3 is 0 Å². The molecule has 48 heavy (non-hydrogen) atoms. The second kappa shape index (κ2) is 15.7. The van der Waals surface area contributed by atoms with Crippen LogP contribution in [0.15, 0.2) is 93.3 Å². The number of hydrogen-bond acceptors (Lipinski definition) is 8. The Labute approximate surface area is 288 Å². The maximum atomic E-state index is 12.9. The summed E-state index contributed by atoms with van der Waals surface area (Å²) in [4.78, 5) is 50.2. The molecule has 246 valence electrons. The molecule has 4 rings (SSSR count). The molecule has 0 saturated carbocycles. The van der Waals surface area contributed by atoms with E-state index in [1.165, 1.54) is 13.8 Å². The predicted octanol–water partition coefficient (Wildman–Crippen LogP) is 9.25. The molecule has 0 bridgehead atoms. The molecule has 4 aromatic carbocycles. The lowest BCUT2D eigenvalue weighted by atomic mass is 10.0. The maximum Gasteiger partial charge on any atom is 0.258 e. The Balaban J connectivity index is 1.47. The van der Waals surface area contributed by atoms with Gasteiger partial charge < -0.3 is 10.6 Å². The van der Waals surface area contributed by atoms with Crippen molar-refractivity contribution in [2.75, 3.05) is 10.6 Å². The van der Waals surface area contributed by atoms with Crippen LogP contribution in [0.4, 0.5) is 22.7 Å². The number of Topliss-reactive ketones (excluding diaryl/α,β-unsaturated/α-hetero) is 2. The summed E-state index contributed by atoms with van der Waals surface area (Å²) in [6.07, 6.45) is 0. The molecule has 0 fully saturated rings. The minimum atomic E-state index is -1.36. The smallest absolute Gasteiger partial charge is 0.258 e. The molecule has 4 aromatic rings.